The van der Waals surface area contributed by atoms with E-state index in [1.54, 1.807) is 48.5 Å². The first kappa shape index (κ1) is 19.4. The van der Waals surface area contributed by atoms with Crippen molar-refractivity contribution in [2.24, 2.45) is 5.10 Å². The molecule has 4 rings (SSSR count). The molecular formula is C22H17N3O4S. The van der Waals surface area contributed by atoms with E-state index in [1.807, 2.05) is 23.6 Å². The van der Waals surface area contributed by atoms with Crippen molar-refractivity contribution in [3.63, 3.8) is 0 Å². The molecule has 0 unspecified atom stereocenters. The number of fused-ring (bicyclic) bond motifs is 1. The fraction of sp³-hybridized carbons (Fsp3) is 0.0455. The zero-order valence-electron chi connectivity index (χ0n) is 15.7. The van der Waals surface area contributed by atoms with Gasteiger partial charge in [-0.3, -0.25) is 9.59 Å². The van der Waals surface area contributed by atoms with Crippen molar-refractivity contribution in [3.8, 4) is 11.5 Å². The predicted octanol–water partition coefficient (Wildman–Crippen LogP) is 3.40. The molecular weight excluding hydrogens is 402 g/mol. The van der Waals surface area contributed by atoms with Crippen molar-refractivity contribution in [1.82, 2.24) is 10.7 Å². The molecule has 0 spiro atoms. The Morgan fingerprint density at radius 3 is 2.63 bits per heavy atom. The van der Waals surface area contributed by atoms with Crippen LogP contribution >= 0.6 is 11.3 Å². The Morgan fingerprint density at radius 2 is 1.83 bits per heavy atom. The predicted molar refractivity (Wildman–Crippen MR) is 115 cm³/mol. The van der Waals surface area contributed by atoms with E-state index in [0.29, 0.717) is 17.1 Å². The Kier molecular flexibility index (Phi) is 5.86. The maximum atomic E-state index is 12.7. The number of hydrogen-bond acceptors (Lipinski definition) is 6. The lowest BCUT2D eigenvalue weighted by Gasteiger charge is -2.08. The van der Waals surface area contributed by atoms with Gasteiger partial charge in [-0.1, -0.05) is 24.3 Å². The quantitative estimate of drug-likeness (QED) is 0.364. The van der Waals surface area contributed by atoms with Gasteiger partial charge in [0.15, 0.2) is 11.5 Å². The summed E-state index contributed by atoms with van der Waals surface area (Å²) in [6, 6.07) is 17.7. The molecule has 0 saturated carbocycles. The Bertz CT molecular complexity index is 1110. The number of ether oxygens (including phenoxy) is 2. The lowest BCUT2D eigenvalue weighted by atomic mass is 10.2. The molecule has 0 radical (unpaired) electrons. The van der Waals surface area contributed by atoms with Crippen LogP contribution in [-0.4, -0.2) is 24.8 Å². The second kappa shape index (κ2) is 9.06. The van der Waals surface area contributed by atoms with Crippen LogP contribution in [0, 0.1) is 0 Å². The van der Waals surface area contributed by atoms with E-state index in [0.717, 1.165) is 10.4 Å². The number of carbonyl (C=O) groups excluding carboxylic acids is 2. The molecule has 8 heteroatoms. The van der Waals surface area contributed by atoms with Gasteiger partial charge >= 0.3 is 0 Å². The third-order valence-corrected chi connectivity index (χ3v) is 4.95. The van der Waals surface area contributed by atoms with E-state index in [1.165, 1.54) is 17.6 Å². The second-order valence-electron chi connectivity index (χ2n) is 6.21. The summed E-state index contributed by atoms with van der Waals surface area (Å²) in [6.07, 6.45) is 3.10. The van der Waals surface area contributed by atoms with Gasteiger partial charge in [-0.05, 0) is 53.4 Å². The van der Waals surface area contributed by atoms with Crippen molar-refractivity contribution >= 4 is 35.4 Å². The maximum Gasteiger partial charge on any atom is 0.287 e. The molecule has 2 heterocycles. The summed E-state index contributed by atoms with van der Waals surface area (Å²) >= 11 is 1.45. The van der Waals surface area contributed by atoms with Gasteiger partial charge in [0.1, 0.15) is 5.70 Å². The van der Waals surface area contributed by atoms with Crippen LogP contribution in [0.1, 0.15) is 20.8 Å². The van der Waals surface area contributed by atoms with Crippen LogP contribution in [0.5, 0.6) is 11.5 Å². The van der Waals surface area contributed by atoms with Crippen molar-refractivity contribution in [3.05, 3.63) is 87.7 Å². The third-order valence-electron chi connectivity index (χ3n) is 4.13. The molecule has 0 aliphatic carbocycles. The second-order valence-corrected chi connectivity index (χ2v) is 7.18. The van der Waals surface area contributed by atoms with Crippen LogP contribution < -0.4 is 20.2 Å². The number of carbonyl (C=O) groups is 2. The van der Waals surface area contributed by atoms with Crippen LogP contribution in [0.2, 0.25) is 0 Å². The Balaban J connectivity index is 1.47. The van der Waals surface area contributed by atoms with E-state index < -0.39 is 5.91 Å². The molecule has 0 bridgehead atoms. The molecule has 0 atom stereocenters. The minimum Gasteiger partial charge on any atom is -0.454 e. The largest absolute Gasteiger partial charge is 0.454 e. The fourth-order valence-corrected chi connectivity index (χ4v) is 3.33. The summed E-state index contributed by atoms with van der Waals surface area (Å²) in [5.74, 6) is 0.373. The highest BCUT2D eigenvalue weighted by Gasteiger charge is 2.15. The molecule has 150 valence electrons. The van der Waals surface area contributed by atoms with E-state index in [-0.39, 0.29) is 18.4 Å². The molecule has 2 amide bonds. The average Bonchev–Trinajstić information content (AvgIpc) is 3.45. The van der Waals surface area contributed by atoms with Crippen molar-refractivity contribution in [2.45, 2.75) is 0 Å². The SMILES string of the molecule is O=C(N/N=C/c1ccc2c(c1)OCO2)/C(=C\c1cccs1)NC(=O)c1ccccc1. The molecule has 1 aromatic heterocycles. The maximum absolute atomic E-state index is 12.7. The summed E-state index contributed by atoms with van der Waals surface area (Å²) in [4.78, 5) is 26.0. The van der Waals surface area contributed by atoms with Gasteiger partial charge in [0, 0.05) is 10.4 Å². The third kappa shape index (κ3) is 4.73. The van der Waals surface area contributed by atoms with Gasteiger partial charge in [0.2, 0.25) is 6.79 Å². The first-order valence-corrected chi connectivity index (χ1v) is 9.92. The lowest BCUT2D eigenvalue weighted by Crippen LogP contribution is -2.32. The molecule has 7 nitrogen and oxygen atoms in total. The van der Waals surface area contributed by atoms with Gasteiger partial charge in [-0.15, -0.1) is 11.3 Å². The zero-order chi connectivity index (χ0) is 20.8. The van der Waals surface area contributed by atoms with Crippen molar-refractivity contribution in [1.29, 1.82) is 0 Å². The highest BCUT2D eigenvalue weighted by atomic mass is 32.1. The Morgan fingerprint density at radius 1 is 1.00 bits per heavy atom. The number of hydrazone groups is 1. The van der Waals surface area contributed by atoms with Crippen LogP contribution in [0.3, 0.4) is 0 Å². The van der Waals surface area contributed by atoms with Gasteiger partial charge in [0.25, 0.3) is 11.8 Å². The standard InChI is InChI=1S/C22H17N3O4S/c26-21(16-5-2-1-3-6-16)24-18(12-17-7-4-10-30-17)22(27)25-23-13-15-8-9-19-20(11-15)29-14-28-19/h1-13H,14H2,(H,24,26)(H,25,27)/b18-12+,23-13+. The number of thiophene rings is 1. The van der Waals surface area contributed by atoms with Gasteiger partial charge in [-0.2, -0.15) is 5.10 Å². The Hall–Kier alpha value is -3.91. The summed E-state index contributed by atoms with van der Waals surface area (Å²) in [6.45, 7) is 0.185. The lowest BCUT2D eigenvalue weighted by molar-refractivity contribution is -0.117. The van der Waals surface area contributed by atoms with E-state index in [4.69, 9.17) is 9.47 Å². The topological polar surface area (TPSA) is 89.0 Å². The molecule has 2 aromatic carbocycles. The van der Waals surface area contributed by atoms with E-state index in [9.17, 15) is 9.59 Å². The van der Waals surface area contributed by atoms with Gasteiger partial charge in [0.05, 0.1) is 6.21 Å². The van der Waals surface area contributed by atoms with Crippen LogP contribution in [0.25, 0.3) is 6.08 Å². The number of amides is 2. The highest BCUT2D eigenvalue weighted by molar-refractivity contribution is 7.10. The molecule has 0 saturated heterocycles. The first-order chi connectivity index (χ1) is 14.7. The average molecular weight is 419 g/mol. The smallest absolute Gasteiger partial charge is 0.287 e. The van der Waals surface area contributed by atoms with Gasteiger partial charge in [-0.25, -0.2) is 5.43 Å². The molecule has 1 aliphatic rings. The van der Waals surface area contributed by atoms with E-state index >= 15 is 0 Å². The summed E-state index contributed by atoms with van der Waals surface area (Å²) in [7, 11) is 0. The Labute approximate surface area is 176 Å². The molecule has 0 fully saturated rings. The summed E-state index contributed by atoms with van der Waals surface area (Å²) < 4.78 is 10.6. The van der Waals surface area contributed by atoms with Crippen LogP contribution in [-0.2, 0) is 4.79 Å². The van der Waals surface area contributed by atoms with E-state index in [2.05, 4.69) is 15.8 Å². The highest BCUT2D eigenvalue weighted by Crippen LogP contribution is 2.31. The monoisotopic (exact) mass is 419 g/mol. The summed E-state index contributed by atoms with van der Waals surface area (Å²) in [5.41, 5.74) is 3.72. The van der Waals surface area contributed by atoms with Crippen LogP contribution in [0.4, 0.5) is 0 Å². The first-order valence-electron chi connectivity index (χ1n) is 9.04. The van der Waals surface area contributed by atoms with Crippen molar-refractivity contribution < 1.29 is 19.1 Å². The number of nitrogens with zero attached hydrogens (tertiary/aromatic N) is 1. The number of hydrogen-bond donors (Lipinski definition) is 2. The normalized spacial score (nSPS) is 12.7. The van der Waals surface area contributed by atoms with Crippen molar-refractivity contribution in [2.75, 3.05) is 6.79 Å². The number of rotatable bonds is 6. The molecule has 1 aliphatic heterocycles. The molecule has 30 heavy (non-hydrogen) atoms. The zero-order valence-corrected chi connectivity index (χ0v) is 16.5. The number of benzene rings is 2. The molecule has 2 N–H and O–H groups in total. The molecule has 3 aromatic rings. The fourth-order valence-electron chi connectivity index (χ4n) is 2.68. The number of nitrogens with one attached hydrogen (secondary N) is 2. The van der Waals surface area contributed by atoms with Crippen LogP contribution in [0.15, 0.2) is 76.8 Å². The summed E-state index contributed by atoms with van der Waals surface area (Å²) in [5, 5.41) is 8.54. The van der Waals surface area contributed by atoms with Gasteiger partial charge < -0.3 is 14.8 Å². The minimum atomic E-state index is -0.537. The minimum absolute atomic E-state index is 0.0918.